The van der Waals surface area contributed by atoms with Crippen LogP contribution in [0.4, 0.5) is 0 Å². The maximum Gasteiger partial charge on any atom is 0.188 e. The topological polar surface area (TPSA) is 57.9 Å². The average Bonchev–Trinajstić information content (AvgIpc) is 2.47. The highest BCUT2D eigenvalue weighted by atomic mass is 79.9. The Morgan fingerprint density at radius 3 is 2.26 bits per heavy atom. The van der Waals surface area contributed by atoms with Gasteiger partial charge in [0, 0.05) is 0 Å². The summed E-state index contributed by atoms with van der Waals surface area (Å²) < 4.78 is 23.2. The fourth-order valence-electron chi connectivity index (χ4n) is 1.74. The Bertz CT molecular complexity index is 731. The molecular weight excluding hydrogens is 326 g/mol. The second kappa shape index (κ2) is 5.55. The third kappa shape index (κ3) is 2.86. The predicted octanol–water partition coefficient (Wildman–Crippen LogP) is 3.35. The summed E-state index contributed by atoms with van der Waals surface area (Å²) in [6.07, 6.45) is 0. The molecule has 0 aliphatic carbocycles. The third-order valence-corrected chi connectivity index (χ3v) is 5.80. The SMILES string of the molecule is N#Cc1ccccc1-c1ccc(S(=O)(=O)CBr)cc1. The number of rotatable bonds is 3. The Labute approximate surface area is 120 Å². The third-order valence-electron chi connectivity index (χ3n) is 2.72. The highest BCUT2D eigenvalue weighted by Crippen LogP contribution is 2.25. The first-order valence-corrected chi connectivity index (χ1v) is 8.24. The standard InChI is InChI=1S/C14H10BrNO2S/c15-10-19(17,18)13-7-5-11(6-8-13)14-4-2-1-3-12(14)9-16/h1-8H,10H2. The van der Waals surface area contributed by atoms with Crippen LogP contribution in [0, 0.1) is 11.3 Å². The van der Waals surface area contributed by atoms with E-state index < -0.39 is 9.84 Å². The number of nitrogens with zero attached hydrogens (tertiary/aromatic N) is 1. The fourth-order valence-corrected chi connectivity index (χ4v) is 3.21. The molecule has 3 nitrogen and oxygen atoms in total. The summed E-state index contributed by atoms with van der Waals surface area (Å²) in [5.41, 5.74) is 2.19. The van der Waals surface area contributed by atoms with Gasteiger partial charge in [0.2, 0.25) is 0 Å². The van der Waals surface area contributed by atoms with Crippen molar-refractivity contribution in [3.63, 3.8) is 0 Å². The normalized spacial score (nSPS) is 10.9. The molecule has 0 aromatic heterocycles. The zero-order valence-corrected chi connectivity index (χ0v) is 12.3. The van der Waals surface area contributed by atoms with Gasteiger partial charge in [0.05, 0.1) is 16.5 Å². The molecule has 0 saturated heterocycles. The monoisotopic (exact) mass is 335 g/mol. The van der Waals surface area contributed by atoms with Gasteiger partial charge in [0.1, 0.15) is 4.66 Å². The maximum atomic E-state index is 11.7. The van der Waals surface area contributed by atoms with E-state index in [9.17, 15) is 8.42 Å². The first kappa shape index (κ1) is 13.8. The van der Waals surface area contributed by atoms with Gasteiger partial charge in [-0.15, -0.1) is 0 Å². The van der Waals surface area contributed by atoms with E-state index in [-0.39, 0.29) is 9.56 Å². The highest BCUT2D eigenvalue weighted by Gasteiger charge is 2.12. The van der Waals surface area contributed by atoms with Crippen LogP contribution in [0.5, 0.6) is 0 Å². The zero-order chi connectivity index (χ0) is 13.9. The second-order valence-corrected chi connectivity index (χ2v) is 7.20. The molecule has 0 N–H and O–H groups in total. The van der Waals surface area contributed by atoms with Crippen LogP contribution in [0.2, 0.25) is 0 Å². The lowest BCUT2D eigenvalue weighted by Crippen LogP contribution is -2.01. The van der Waals surface area contributed by atoms with E-state index in [4.69, 9.17) is 5.26 Å². The van der Waals surface area contributed by atoms with Crippen molar-refractivity contribution < 1.29 is 8.42 Å². The van der Waals surface area contributed by atoms with E-state index in [2.05, 4.69) is 22.0 Å². The molecule has 2 rings (SSSR count). The van der Waals surface area contributed by atoms with Crippen molar-refractivity contribution in [2.24, 2.45) is 0 Å². The molecule has 0 saturated carbocycles. The van der Waals surface area contributed by atoms with Crippen LogP contribution in [-0.4, -0.2) is 13.1 Å². The van der Waals surface area contributed by atoms with Gasteiger partial charge < -0.3 is 0 Å². The van der Waals surface area contributed by atoms with Crippen molar-refractivity contribution >= 4 is 25.8 Å². The molecule has 0 atom stereocenters. The summed E-state index contributed by atoms with van der Waals surface area (Å²) >= 11 is 2.96. The first-order chi connectivity index (χ1) is 9.08. The molecule has 0 spiro atoms. The Hall–Kier alpha value is -1.64. The lowest BCUT2D eigenvalue weighted by atomic mass is 10.0. The molecule has 96 valence electrons. The molecule has 2 aromatic rings. The fraction of sp³-hybridized carbons (Fsp3) is 0.0714. The van der Waals surface area contributed by atoms with Crippen molar-refractivity contribution in [1.29, 1.82) is 5.26 Å². The average molecular weight is 336 g/mol. The molecule has 0 amide bonds. The van der Waals surface area contributed by atoms with E-state index in [1.165, 1.54) is 0 Å². The predicted molar refractivity (Wildman–Crippen MR) is 77.6 cm³/mol. The summed E-state index contributed by atoms with van der Waals surface area (Å²) in [6, 6.07) is 15.9. The van der Waals surface area contributed by atoms with Gasteiger partial charge in [-0.2, -0.15) is 5.26 Å². The second-order valence-electron chi connectivity index (χ2n) is 3.91. The minimum atomic E-state index is -3.26. The molecule has 0 radical (unpaired) electrons. The van der Waals surface area contributed by atoms with E-state index >= 15 is 0 Å². The zero-order valence-electron chi connectivity index (χ0n) is 9.88. The number of halogens is 1. The molecule has 0 aliphatic heterocycles. The maximum absolute atomic E-state index is 11.7. The molecule has 0 fully saturated rings. The molecule has 0 aliphatic rings. The number of hydrogen-bond acceptors (Lipinski definition) is 3. The van der Waals surface area contributed by atoms with Gasteiger partial charge in [-0.3, -0.25) is 0 Å². The molecule has 5 heteroatoms. The summed E-state index contributed by atoms with van der Waals surface area (Å²) in [7, 11) is -3.26. The summed E-state index contributed by atoms with van der Waals surface area (Å²) in [5.74, 6) is 0. The lowest BCUT2D eigenvalue weighted by Gasteiger charge is -2.05. The largest absolute Gasteiger partial charge is 0.223 e. The summed E-state index contributed by atoms with van der Waals surface area (Å²) in [5, 5.41) is 9.05. The van der Waals surface area contributed by atoms with Gasteiger partial charge in [0.25, 0.3) is 0 Å². The van der Waals surface area contributed by atoms with Crippen molar-refractivity contribution in [3.8, 4) is 17.2 Å². The van der Waals surface area contributed by atoms with E-state index in [1.54, 1.807) is 36.4 Å². The molecule has 0 unspecified atom stereocenters. The number of benzene rings is 2. The van der Waals surface area contributed by atoms with Crippen molar-refractivity contribution in [2.75, 3.05) is 4.66 Å². The Balaban J connectivity index is 2.47. The van der Waals surface area contributed by atoms with Crippen LogP contribution in [0.15, 0.2) is 53.4 Å². The van der Waals surface area contributed by atoms with E-state index in [0.717, 1.165) is 11.1 Å². The van der Waals surface area contributed by atoms with Gasteiger partial charge >= 0.3 is 0 Å². The van der Waals surface area contributed by atoms with Crippen molar-refractivity contribution in [2.45, 2.75) is 4.90 Å². The van der Waals surface area contributed by atoms with Crippen molar-refractivity contribution in [1.82, 2.24) is 0 Å². The van der Waals surface area contributed by atoms with Gasteiger partial charge in [-0.05, 0) is 29.3 Å². The lowest BCUT2D eigenvalue weighted by molar-refractivity contribution is 0.601. The van der Waals surface area contributed by atoms with Crippen LogP contribution >= 0.6 is 15.9 Å². The first-order valence-electron chi connectivity index (χ1n) is 5.47. The minimum Gasteiger partial charge on any atom is -0.223 e. The van der Waals surface area contributed by atoms with E-state index in [0.29, 0.717) is 5.56 Å². The van der Waals surface area contributed by atoms with Gasteiger partial charge in [-0.1, -0.05) is 46.3 Å². The molecule has 19 heavy (non-hydrogen) atoms. The number of nitriles is 1. The summed E-state index contributed by atoms with van der Waals surface area (Å²) in [6.45, 7) is 0. The van der Waals surface area contributed by atoms with Crippen LogP contribution in [0.3, 0.4) is 0 Å². The molecule has 2 aromatic carbocycles. The Kier molecular flexibility index (Phi) is 4.03. The summed E-state index contributed by atoms with van der Waals surface area (Å²) in [4.78, 5) is 0.266. The number of alkyl halides is 1. The highest BCUT2D eigenvalue weighted by molar-refractivity contribution is 9.10. The molecule has 0 heterocycles. The minimum absolute atomic E-state index is 0.103. The van der Waals surface area contributed by atoms with Gasteiger partial charge in [-0.25, -0.2) is 8.42 Å². The molecular formula is C14H10BrNO2S. The van der Waals surface area contributed by atoms with E-state index in [1.807, 2.05) is 12.1 Å². The van der Waals surface area contributed by atoms with Gasteiger partial charge in [0.15, 0.2) is 9.84 Å². The van der Waals surface area contributed by atoms with Crippen LogP contribution < -0.4 is 0 Å². The van der Waals surface area contributed by atoms with Crippen LogP contribution in [0.1, 0.15) is 5.56 Å². The van der Waals surface area contributed by atoms with Crippen LogP contribution in [0.25, 0.3) is 11.1 Å². The van der Waals surface area contributed by atoms with Crippen LogP contribution in [-0.2, 0) is 9.84 Å². The Morgan fingerprint density at radius 1 is 1.05 bits per heavy atom. The Morgan fingerprint density at radius 2 is 1.68 bits per heavy atom. The number of sulfone groups is 1. The molecule has 0 bridgehead atoms. The smallest absolute Gasteiger partial charge is 0.188 e. The van der Waals surface area contributed by atoms with Crippen molar-refractivity contribution in [3.05, 3.63) is 54.1 Å². The quantitative estimate of drug-likeness (QED) is 0.808. The number of hydrogen-bond donors (Lipinski definition) is 0.